The van der Waals surface area contributed by atoms with Crippen LogP contribution in [0.3, 0.4) is 0 Å². The molecule has 0 unspecified atom stereocenters. The molecule has 0 aliphatic heterocycles. The lowest BCUT2D eigenvalue weighted by Crippen LogP contribution is -2.27. The highest BCUT2D eigenvalue weighted by Crippen LogP contribution is 2.14. The summed E-state index contributed by atoms with van der Waals surface area (Å²) in [4.78, 5) is 12.3. The van der Waals surface area contributed by atoms with Crippen molar-refractivity contribution < 1.29 is 9.53 Å². The van der Waals surface area contributed by atoms with Crippen molar-refractivity contribution >= 4 is 28.8 Å². The molecule has 1 rings (SSSR count). The van der Waals surface area contributed by atoms with E-state index >= 15 is 0 Å². The van der Waals surface area contributed by atoms with E-state index in [-0.39, 0.29) is 5.91 Å². The van der Waals surface area contributed by atoms with Crippen LogP contribution < -0.4 is 5.32 Å². The second-order valence-corrected chi connectivity index (χ2v) is 4.28. The molecular weight excluding hydrogens is 234 g/mol. The molecule has 0 saturated heterocycles. The highest BCUT2D eigenvalue weighted by molar-refractivity contribution is 7.12. The maximum atomic E-state index is 11.6. The van der Waals surface area contributed by atoms with Crippen LogP contribution in [-0.2, 0) is 4.74 Å². The summed E-state index contributed by atoms with van der Waals surface area (Å²) in [7, 11) is 0. The molecule has 5 heteroatoms. The largest absolute Gasteiger partial charge is 0.378 e. The monoisotopic (exact) mass is 247 g/mol. The maximum absolute atomic E-state index is 11.6. The molecule has 0 spiro atoms. The number of amides is 1. The van der Waals surface area contributed by atoms with Gasteiger partial charge in [-0.1, -0.05) is 0 Å². The van der Waals surface area contributed by atoms with Crippen LogP contribution in [-0.4, -0.2) is 31.5 Å². The fourth-order valence-corrected chi connectivity index (χ4v) is 2.03. The molecule has 3 nitrogen and oxygen atoms in total. The highest BCUT2D eigenvalue weighted by Gasteiger charge is 2.08. The van der Waals surface area contributed by atoms with E-state index in [9.17, 15) is 4.79 Å². The molecule has 0 aliphatic rings. The van der Waals surface area contributed by atoms with Gasteiger partial charge in [0.15, 0.2) is 0 Å². The number of thiophene rings is 1. The van der Waals surface area contributed by atoms with Gasteiger partial charge in [0.25, 0.3) is 5.91 Å². The average Bonchev–Trinajstić information content (AvgIpc) is 2.64. The Balaban J connectivity index is 2.22. The summed E-state index contributed by atoms with van der Waals surface area (Å²) in [5.74, 6) is 0.454. The van der Waals surface area contributed by atoms with Crippen LogP contribution in [0.15, 0.2) is 11.4 Å². The highest BCUT2D eigenvalue weighted by atomic mass is 35.5. The van der Waals surface area contributed by atoms with E-state index in [0.717, 1.165) is 10.4 Å². The Hall–Kier alpha value is -0.580. The molecule has 1 aromatic heterocycles. The number of alkyl halides is 1. The first-order valence-electron chi connectivity index (χ1n) is 4.71. The fraction of sp³-hybridized carbons (Fsp3) is 0.500. The molecular formula is C10H14ClNO2S. The zero-order valence-electron chi connectivity index (χ0n) is 8.59. The Labute approximate surface area is 98.4 Å². The third-order valence-electron chi connectivity index (χ3n) is 1.82. The van der Waals surface area contributed by atoms with E-state index in [1.54, 1.807) is 0 Å². The van der Waals surface area contributed by atoms with E-state index in [0.29, 0.717) is 25.6 Å². The Morgan fingerprint density at radius 1 is 1.60 bits per heavy atom. The zero-order chi connectivity index (χ0) is 11.1. The predicted octanol–water partition coefficient (Wildman–Crippen LogP) is 2.04. The van der Waals surface area contributed by atoms with E-state index in [4.69, 9.17) is 16.3 Å². The Morgan fingerprint density at radius 2 is 2.40 bits per heavy atom. The van der Waals surface area contributed by atoms with Crippen LogP contribution >= 0.6 is 22.9 Å². The second-order valence-electron chi connectivity index (χ2n) is 2.99. The van der Waals surface area contributed by atoms with Crippen molar-refractivity contribution in [2.24, 2.45) is 0 Å². The summed E-state index contributed by atoms with van der Waals surface area (Å²) in [5, 5.41) is 4.70. The van der Waals surface area contributed by atoms with Crippen molar-refractivity contribution in [1.29, 1.82) is 0 Å². The molecule has 0 radical (unpaired) electrons. The Kier molecular flexibility index (Phi) is 5.68. The Morgan fingerprint density at radius 3 is 3.00 bits per heavy atom. The summed E-state index contributed by atoms with van der Waals surface area (Å²) in [6.07, 6.45) is 0. The van der Waals surface area contributed by atoms with Crippen molar-refractivity contribution in [3.63, 3.8) is 0 Å². The topological polar surface area (TPSA) is 38.3 Å². The van der Waals surface area contributed by atoms with Gasteiger partial charge < -0.3 is 10.1 Å². The lowest BCUT2D eigenvalue weighted by atomic mass is 10.3. The number of hydrogen-bond donors (Lipinski definition) is 1. The van der Waals surface area contributed by atoms with Gasteiger partial charge in [-0.3, -0.25) is 4.79 Å². The van der Waals surface area contributed by atoms with Crippen LogP contribution in [0.1, 0.15) is 15.2 Å². The van der Waals surface area contributed by atoms with Crippen molar-refractivity contribution in [3.05, 3.63) is 21.9 Å². The normalized spacial score (nSPS) is 10.3. The van der Waals surface area contributed by atoms with Gasteiger partial charge in [0.2, 0.25) is 0 Å². The minimum Gasteiger partial charge on any atom is -0.378 e. The zero-order valence-corrected chi connectivity index (χ0v) is 10.2. The summed E-state index contributed by atoms with van der Waals surface area (Å²) < 4.78 is 5.14. The smallest absolute Gasteiger partial charge is 0.261 e. The van der Waals surface area contributed by atoms with Crippen LogP contribution in [0, 0.1) is 6.92 Å². The number of carbonyl (C=O) groups excluding carboxylic acids is 1. The summed E-state index contributed by atoms with van der Waals surface area (Å²) in [6.45, 7) is 3.47. The fourth-order valence-electron chi connectivity index (χ4n) is 1.08. The molecule has 1 aromatic rings. The maximum Gasteiger partial charge on any atom is 0.261 e. The van der Waals surface area contributed by atoms with Crippen LogP contribution in [0.5, 0.6) is 0 Å². The molecule has 1 heterocycles. The predicted molar refractivity (Wildman–Crippen MR) is 62.9 cm³/mol. The van der Waals surface area contributed by atoms with Gasteiger partial charge >= 0.3 is 0 Å². The van der Waals surface area contributed by atoms with E-state index < -0.39 is 0 Å². The number of rotatable bonds is 6. The second kappa shape index (κ2) is 6.82. The minimum atomic E-state index is -0.0306. The third kappa shape index (κ3) is 4.20. The quantitative estimate of drug-likeness (QED) is 0.617. The molecule has 0 bridgehead atoms. The Bertz CT molecular complexity index is 314. The van der Waals surface area contributed by atoms with Gasteiger partial charge in [0.1, 0.15) is 0 Å². The molecule has 0 fully saturated rings. The summed E-state index contributed by atoms with van der Waals surface area (Å²) >= 11 is 6.89. The number of ether oxygens (including phenoxy) is 1. The minimum absolute atomic E-state index is 0.0306. The lowest BCUT2D eigenvalue weighted by molar-refractivity contribution is 0.0927. The van der Waals surface area contributed by atoms with Crippen molar-refractivity contribution in [1.82, 2.24) is 5.32 Å². The molecule has 0 saturated carbocycles. The van der Waals surface area contributed by atoms with Crippen LogP contribution in [0.25, 0.3) is 0 Å². The van der Waals surface area contributed by atoms with E-state index in [1.165, 1.54) is 11.3 Å². The van der Waals surface area contributed by atoms with Gasteiger partial charge in [-0.2, -0.15) is 0 Å². The first-order valence-corrected chi connectivity index (χ1v) is 6.13. The van der Waals surface area contributed by atoms with Gasteiger partial charge in [0.05, 0.1) is 18.1 Å². The first kappa shape index (κ1) is 12.5. The van der Waals surface area contributed by atoms with Crippen molar-refractivity contribution in [3.8, 4) is 0 Å². The van der Waals surface area contributed by atoms with E-state index in [1.807, 2.05) is 18.4 Å². The third-order valence-corrected chi connectivity index (χ3v) is 2.99. The summed E-state index contributed by atoms with van der Waals surface area (Å²) in [6, 6.07) is 1.93. The van der Waals surface area contributed by atoms with Gasteiger partial charge in [-0.15, -0.1) is 22.9 Å². The number of carbonyl (C=O) groups is 1. The first-order chi connectivity index (χ1) is 7.25. The van der Waals surface area contributed by atoms with E-state index in [2.05, 4.69) is 5.32 Å². The standard InChI is InChI=1S/C10H14ClNO2S/c1-8-2-7-15-9(8)10(13)12-4-6-14-5-3-11/h2,7H,3-6H2,1H3,(H,12,13). The number of hydrogen-bond acceptors (Lipinski definition) is 3. The molecule has 1 N–H and O–H groups in total. The average molecular weight is 248 g/mol. The number of nitrogens with one attached hydrogen (secondary N) is 1. The molecule has 0 aromatic carbocycles. The number of aryl methyl sites for hydroxylation is 1. The van der Waals surface area contributed by atoms with Crippen LogP contribution in [0.2, 0.25) is 0 Å². The molecule has 0 atom stereocenters. The van der Waals surface area contributed by atoms with Crippen molar-refractivity contribution in [2.75, 3.05) is 25.6 Å². The summed E-state index contributed by atoms with van der Waals surface area (Å²) in [5.41, 5.74) is 1.01. The molecule has 0 aliphatic carbocycles. The number of halogens is 1. The molecule has 1 amide bonds. The SMILES string of the molecule is Cc1ccsc1C(=O)NCCOCCCl. The van der Waals surface area contributed by atoms with Crippen molar-refractivity contribution in [2.45, 2.75) is 6.92 Å². The molecule has 84 valence electrons. The van der Waals surface area contributed by atoms with Crippen LogP contribution in [0.4, 0.5) is 0 Å². The van der Waals surface area contributed by atoms with Gasteiger partial charge in [-0.05, 0) is 23.9 Å². The van der Waals surface area contributed by atoms with Gasteiger partial charge in [-0.25, -0.2) is 0 Å². The molecule has 15 heavy (non-hydrogen) atoms. The van der Waals surface area contributed by atoms with Gasteiger partial charge in [0, 0.05) is 12.4 Å². The lowest BCUT2D eigenvalue weighted by Gasteiger charge is -2.04.